The molecule has 0 saturated carbocycles. The normalized spacial score (nSPS) is 11.0. The highest BCUT2D eigenvalue weighted by molar-refractivity contribution is 5.90. The Morgan fingerprint density at radius 2 is 1.19 bits per heavy atom. The van der Waals surface area contributed by atoms with Crippen LogP contribution in [-0.2, 0) is 10.2 Å². The van der Waals surface area contributed by atoms with E-state index in [1.54, 1.807) is 14.2 Å². The number of rotatable bonds is 5. The summed E-state index contributed by atoms with van der Waals surface area (Å²) >= 11 is 0. The predicted molar refractivity (Wildman–Crippen MR) is 81.6 cm³/mol. The first kappa shape index (κ1) is 14.9. The van der Waals surface area contributed by atoms with Crippen molar-refractivity contribution in [3.63, 3.8) is 0 Å². The van der Waals surface area contributed by atoms with Crippen LogP contribution in [-0.4, -0.2) is 20.1 Å². The van der Waals surface area contributed by atoms with Crippen LogP contribution in [0.25, 0.3) is 0 Å². The number of carbonyl (C=O) groups is 1. The highest BCUT2D eigenvalue weighted by Crippen LogP contribution is 2.33. The number of hydrogen-bond donors (Lipinski definition) is 1. The van der Waals surface area contributed by atoms with E-state index in [9.17, 15) is 4.79 Å². The Bertz CT molecular complexity index is 570. The Kier molecular flexibility index (Phi) is 4.17. The lowest BCUT2D eigenvalue weighted by Crippen LogP contribution is -2.39. The lowest BCUT2D eigenvalue weighted by Gasteiger charge is -2.27. The number of ether oxygens (including phenoxy) is 2. The second kappa shape index (κ2) is 5.87. The van der Waals surface area contributed by atoms with Crippen LogP contribution in [0.2, 0.25) is 0 Å². The first-order valence-corrected chi connectivity index (χ1v) is 6.61. The molecule has 0 bridgehead atoms. The lowest BCUT2D eigenvalue weighted by atomic mass is 9.75. The maximum Gasteiger partial charge on any atom is 0.232 e. The summed E-state index contributed by atoms with van der Waals surface area (Å²) in [4.78, 5) is 12.1. The number of benzene rings is 2. The molecule has 21 heavy (non-hydrogen) atoms. The molecule has 2 rings (SSSR count). The van der Waals surface area contributed by atoms with Gasteiger partial charge < -0.3 is 15.2 Å². The molecule has 0 unspecified atom stereocenters. The van der Waals surface area contributed by atoms with Crippen LogP contribution in [0.4, 0.5) is 0 Å². The third kappa shape index (κ3) is 2.70. The van der Waals surface area contributed by atoms with Crippen LogP contribution in [0.3, 0.4) is 0 Å². The average Bonchev–Trinajstić information content (AvgIpc) is 2.54. The number of carbonyl (C=O) groups excluding carboxylic acids is 1. The lowest BCUT2D eigenvalue weighted by molar-refractivity contribution is -0.121. The van der Waals surface area contributed by atoms with Crippen molar-refractivity contribution in [1.29, 1.82) is 0 Å². The molecule has 0 heterocycles. The van der Waals surface area contributed by atoms with Gasteiger partial charge in [-0.15, -0.1) is 0 Å². The zero-order chi connectivity index (χ0) is 15.5. The van der Waals surface area contributed by atoms with Gasteiger partial charge in [-0.2, -0.15) is 0 Å². The van der Waals surface area contributed by atoms with Gasteiger partial charge in [0.2, 0.25) is 5.91 Å². The fourth-order valence-corrected chi connectivity index (χ4v) is 2.30. The molecule has 0 aliphatic carbocycles. The molecular weight excluding hydrogens is 266 g/mol. The predicted octanol–water partition coefficient (Wildman–Crippen LogP) is 2.50. The van der Waals surface area contributed by atoms with E-state index in [1.165, 1.54) is 0 Å². The summed E-state index contributed by atoms with van der Waals surface area (Å²) in [5.74, 6) is 1.07. The second-order valence-electron chi connectivity index (χ2n) is 4.95. The molecule has 0 aliphatic heterocycles. The van der Waals surface area contributed by atoms with Gasteiger partial charge in [-0.1, -0.05) is 24.3 Å². The number of nitrogens with two attached hydrogens (primary N) is 1. The molecule has 0 atom stereocenters. The van der Waals surface area contributed by atoms with Crippen LogP contribution in [0.5, 0.6) is 11.5 Å². The van der Waals surface area contributed by atoms with Crippen molar-refractivity contribution in [3.05, 3.63) is 59.7 Å². The maximum atomic E-state index is 12.1. The second-order valence-corrected chi connectivity index (χ2v) is 4.95. The van der Waals surface area contributed by atoms with E-state index in [1.807, 2.05) is 55.5 Å². The van der Waals surface area contributed by atoms with Crippen molar-refractivity contribution >= 4 is 5.91 Å². The fraction of sp³-hybridized carbons (Fsp3) is 0.235. The van der Waals surface area contributed by atoms with Crippen molar-refractivity contribution in [2.24, 2.45) is 5.73 Å². The molecule has 2 aromatic rings. The van der Waals surface area contributed by atoms with Crippen molar-refractivity contribution in [2.75, 3.05) is 14.2 Å². The Morgan fingerprint density at radius 1 is 0.857 bits per heavy atom. The standard InChI is InChI=1S/C17H19NO3/c1-17(16(18)19,12-4-8-14(20-2)9-5-12)13-6-10-15(21-3)11-7-13/h4-11H,1-3H3,(H2,18,19). The van der Waals surface area contributed by atoms with Gasteiger partial charge in [-0.3, -0.25) is 4.79 Å². The van der Waals surface area contributed by atoms with Gasteiger partial charge in [-0.25, -0.2) is 0 Å². The summed E-state index contributed by atoms with van der Waals surface area (Å²) in [6.07, 6.45) is 0. The summed E-state index contributed by atoms with van der Waals surface area (Å²) in [5, 5.41) is 0. The minimum Gasteiger partial charge on any atom is -0.497 e. The highest BCUT2D eigenvalue weighted by atomic mass is 16.5. The first-order chi connectivity index (χ1) is 10.0. The van der Waals surface area contributed by atoms with E-state index in [2.05, 4.69) is 0 Å². The van der Waals surface area contributed by atoms with Crippen LogP contribution in [0.15, 0.2) is 48.5 Å². The van der Waals surface area contributed by atoms with E-state index in [0.717, 1.165) is 22.6 Å². The Balaban J connectivity index is 2.50. The molecule has 2 N–H and O–H groups in total. The summed E-state index contributed by atoms with van der Waals surface area (Å²) in [6, 6.07) is 14.7. The molecule has 1 amide bonds. The fourth-order valence-electron chi connectivity index (χ4n) is 2.30. The number of methoxy groups -OCH3 is 2. The van der Waals surface area contributed by atoms with Crippen molar-refractivity contribution in [1.82, 2.24) is 0 Å². The summed E-state index contributed by atoms with van der Waals surface area (Å²) < 4.78 is 10.3. The monoisotopic (exact) mass is 285 g/mol. The minimum absolute atomic E-state index is 0.405. The zero-order valence-corrected chi connectivity index (χ0v) is 12.4. The molecule has 0 aliphatic rings. The van der Waals surface area contributed by atoms with E-state index in [0.29, 0.717) is 0 Å². The molecule has 0 saturated heterocycles. The third-order valence-corrected chi connectivity index (χ3v) is 3.83. The van der Waals surface area contributed by atoms with Crippen molar-refractivity contribution < 1.29 is 14.3 Å². The molecule has 2 aromatic carbocycles. The first-order valence-electron chi connectivity index (χ1n) is 6.61. The smallest absolute Gasteiger partial charge is 0.232 e. The molecular formula is C17H19NO3. The van der Waals surface area contributed by atoms with Gasteiger partial charge in [0, 0.05) is 0 Å². The van der Waals surface area contributed by atoms with Crippen LogP contribution in [0.1, 0.15) is 18.1 Å². The molecule has 4 nitrogen and oxygen atoms in total. The minimum atomic E-state index is -0.904. The summed E-state index contributed by atoms with van der Waals surface area (Å²) in [6.45, 7) is 1.82. The summed E-state index contributed by atoms with van der Waals surface area (Å²) in [5.41, 5.74) is 6.41. The van der Waals surface area contributed by atoms with E-state index >= 15 is 0 Å². The molecule has 110 valence electrons. The Hall–Kier alpha value is -2.49. The Morgan fingerprint density at radius 3 is 1.43 bits per heavy atom. The van der Waals surface area contributed by atoms with Gasteiger partial charge in [0.05, 0.1) is 19.6 Å². The Labute approximate surface area is 124 Å². The highest BCUT2D eigenvalue weighted by Gasteiger charge is 2.35. The van der Waals surface area contributed by atoms with Crippen molar-refractivity contribution in [3.8, 4) is 11.5 Å². The number of hydrogen-bond acceptors (Lipinski definition) is 3. The number of primary amides is 1. The van der Waals surface area contributed by atoms with E-state index < -0.39 is 11.3 Å². The number of amides is 1. The maximum absolute atomic E-state index is 12.1. The van der Waals surface area contributed by atoms with Gasteiger partial charge >= 0.3 is 0 Å². The third-order valence-electron chi connectivity index (χ3n) is 3.83. The molecule has 0 radical (unpaired) electrons. The topological polar surface area (TPSA) is 61.5 Å². The SMILES string of the molecule is COc1ccc(C(C)(C(N)=O)c2ccc(OC)cc2)cc1. The van der Waals surface area contributed by atoms with Crippen molar-refractivity contribution in [2.45, 2.75) is 12.3 Å². The average molecular weight is 285 g/mol. The largest absolute Gasteiger partial charge is 0.497 e. The molecule has 0 fully saturated rings. The molecule has 4 heteroatoms. The van der Waals surface area contributed by atoms with Crippen LogP contribution < -0.4 is 15.2 Å². The summed E-state index contributed by atoms with van der Waals surface area (Å²) in [7, 11) is 3.21. The van der Waals surface area contributed by atoms with Crippen LogP contribution >= 0.6 is 0 Å². The van der Waals surface area contributed by atoms with Gasteiger partial charge in [0.15, 0.2) is 0 Å². The molecule has 0 aromatic heterocycles. The van der Waals surface area contributed by atoms with E-state index in [4.69, 9.17) is 15.2 Å². The molecule has 0 spiro atoms. The zero-order valence-electron chi connectivity index (χ0n) is 12.4. The van der Waals surface area contributed by atoms with Gasteiger partial charge in [0.25, 0.3) is 0 Å². The van der Waals surface area contributed by atoms with Gasteiger partial charge in [0.1, 0.15) is 11.5 Å². The van der Waals surface area contributed by atoms with Crippen LogP contribution in [0, 0.1) is 0 Å². The van der Waals surface area contributed by atoms with E-state index in [-0.39, 0.29) is 0 Å². The quantitative estimate of drug-likeness (QED) is 0.918. The van der Waals surface area contributed by atoms with Gasteiger partial charge in [-0.05, 0) is 42.3 Å².